The summed E-state index contributed by atoms with van der Waals surface area (Å²) in [5, 5.41) is 3.62. The highest BCUT2D eigenvalue weighted by Gasteiger charge is 2.18. The normalized spacial score (nSPS) is 14.3. The molecule has 5 heteroatoms. The highest BCUT2D eigenvalue weighted by molar-refractivity contribution is 8.00. The van der Waals surface area contributed by atoms with Crippen LogP contribution in [0.2, 0.25) is 0 Å². The fraction of sp³-hybridized carbons (Fsp3) is 0.300. The van der Waals surface area contributed by atoms with E-state index in [9.17, 15) is 9.59 Å². The molecule has 0 radical (unpaired) electrons. The molecule has 0 saturated heterocycles. The third-order valence-electron chi connectivity index (χ3n) is 4.30. The van der Waals surface area contributed by atoms with Crippen LogP contribution in [0.15, 0.2) is 53.4 Å². The minimum atomic E-state index is -0.412. The second-order valence-electron chi connectivity index (χ2n) is 6.04. The zero-order valence-electron chi connectivity index (χ0n) is 14.2. The van der Waals surface area contributed by atoms with Crippen molar-refractivity contribution in [1.29, 1.82) is 0 Å². The van der Waals surface area contributed by atoms with Crippen molar-refractivity contribution in [2.24, 2.45) is 0 Å². The number of rotatable bonds is 5. The van der Waals surface area contributed by atoms with Crippen LogP contribution in [-0.2, 0) is 4.74 Å². The maximum atomic E-state index is 12.5. The van der Waals surface area contributed by atoms with Crippen molar-refractivity contribution < 1.29 is 14.3 Å². The molecule has 0 unspecified atom stereocenters. The molecule has 0 aliphatic heterocycles. The first kappa shape index (κ1) is 17.5. The molecule has 25 heavy (non-hydrogen) atoms. The summed E-state index contributed by atoms with van der Waals surface area (Å²) < 4.78 is 4.67. The number of nitrogens with one attached hydrogen (secondary N) is 1. The number of para-hydroxylation sites is 1. The Bertz CT molecular complexity index is 752. The van der Waals surface area contributed by atoms with Crippen LogP contribution in [0, 0.1) is 0 Å². The molecule has 0 aromatic heterocycles. The lowest BCUT2D eigenvalue weighted by Gasteiger charge is -2.14. The lowest BCUT2D eigenvalue weighted by Crippen LogP contribution is -2.13. The Balaban J connectivity index is 1.71. The van der Waals surface area contributed by atoms with Gasteiger partial charge in [0.2, 0.25) is 0 Å². The van der Waals surface area contributed by atoms with Crippen molar-refractivity contribution in [1.82, 2.24) is 0 Å². The van der Waals surface area contributed by atoms with Gasteiger partial charge in [-0.3, -0.25) is 4.79 Å². The maximum Gasteiger partial charge on any atom is 0.337 e. The fourth-order valence-electron chi connectivity index (χ4n) is 2.93. The Morgan fingerprint density at radius 2 is 1.64 bits per heavy atom. The lowest BCUT2D eigenvalue weighted by atomic mass is 10.1. The van der Waals surface area contributed by atoms with Crippen LogP contribution in [0.4, 0.5) is 5.69 Å². The second-order valence-corrected chi connectivity index (χ2v) is 7.39. The highest BCUT2D eigenvalue weighted by Crippen LogP contribution is 2.38. The molecule has 2 aromatic rings. The van der Waals surface area contributed by atoms with Crippen LogP contribution in [0.5, 0.6) is 0 Å². The van der Waals surface area contributed by atoms with Crippen LogP contribution in [-0.4, -0.2) is 24.2 Å². The molecule has 2 aromatic carbocycles. The third kappa shape index (κ3) is 4.42. The second kappa shape index (κ2) is 8.21. The van der Waals surface area contributed by atoms with Crippen LogP contribution in [0.1, 0.15) is 46.4 Å². The smallest absolute Gasteiger partial charge is 0.337 e. The van der Waals surface area contributed by atoms with Gasteiger partial charge >= 0.3 is 5.97 Å². The minimum Gasteiger partial charge on any atom is -0.465 e. The average molecular weight is 355 g/mol. The Labute approximate surface area is 152 Å². The largest absolute Gasteiger partial charge is 0.465 e. The zero-order valence-corrected chi connectivity index (χ0v) is 15.0. The van der Waals surface area contributed by atoms with Crippen LogP contribution < -0.4 is 5.32 Å². The van der Waals surface area contributed by atoms with Crippen molar-refractivity contribution in [3.05, 3.63) is 59.7 Å². The number of carbonyl (C=O) groups excluding carboxylic acids is 2. The van der Waals surface area contributed by atoms with E-state index in [2.05, 4.69) is 16.1 Å². The Morgan fingerprint density at radius 1 is 1.00 bits per heavy atom. The summed E-state index contributed by atoms with van der Waals surface area (Å²) >= 11 is 1.85. The first-order chi connectivity index (χ1) is 12.2. The number of thioether (sulfide) groups is 1. The van der Waals surface area contributed by atoms with Gasteiger partial charge in [0.1, 0.15) is 0 Å². The van der Waals surface area contributed by atoms with Gasteiger partial charge in [-0.15, -0.1) is 11.8 Å². The number of benzene rings is 2. The van der Waals surface area contributed by atoms with Crippen LogP contribution >= 0.6 is 11.8 Å². The molecule has 3 rings (SSSR count). The van der Waals surface area contributed by atoms with Crippen molar-refractivity contribution >= 4 is 29.3 Å². The van der Waals surface area contributed by atoms with Gasteiger partial charge in [0, 0.05) is 15.7 Å². The van der Waals surface area contributed by atoms with Gasteiger partial charge in [0.15, 0.2) is 0 Å². The number of anilines is 1. The molecule has 1 N–H and O–H groups in total. The van der Waals surface area contributed by atoms with Gasteiger partial charge < -0.3 is 10.1 Å². The molecule has 0 heterocycles. The molecule has 0 bridgehead atoms. The summed E-state index contributed by atoms with van der Waals surface area (Å²) in [6.45, 7) is 0. The standard InChI is InChI=1S/C20H21NO3S/c1-24-20(23)15-12-10-14(11-13-15)19(22)21-17-8-4-5-9-18(17)25-16-6-2-3-7-16/h4-5,8-13,16H,2-3,6-7H2,1H3,(H,21,22). The van der Waals surface area contributed by atoms with E-state index in [1.165, 1.54) is 32.8 Å². The lowest BCUT2D eigenvalue weighted by molar-refractivity contribution is 0.0600. The van der Waals surface area contributed by atoms with Gasteiger partial charge in [-0.05, 0) is 49.2 Å². The molecule has 0 atom stereocenters. The van der Waals surface area contributed by atoms with Crippen LogP contribution in [0.25, 0.3) is 0 Å². The van der Waals surface area contributed by atoms with E-state index in [0.29, 0.717) is 16.4 Å². The molecule has 0 spiro atoms. The van der Waals surface area contributed by atoms with Gasteiger partial charge in [-0.25, -0.2) is 4.79 Å². The van der Waals surface area contributed by atoms with E-state index >= 15 is 0 Å². The maximum absolute atomic E-state index is 12.5. The fourth-order valence-corrected chi connectivity index (χ4v) is 4.26. The Morgan fingerprint density at radius 3 is 2.32 bits per heavy atom. The predicted molar refractivity (Wildman–Crippen MR) is 100 cm³/mol. The molecule has 1 aliphatic rings. The van der Waals surface area contributed by atoms with E-state index in [0.717, 1.165) is 10.6 Å². The SMILES string of the molecule is COC(=O)c1ccc(C(=O)Nc2ccccc2SC2CCCC2)cc1. The summed E-state index contributed by atoms with van der Waals surface area (Å²) in [6, 6.07) is 14.4. The van der Waals surface area contributed by atoms with E-state index in [1.807, 2.05) is 30.0 Å². The molecular formula is C20H21NO3S. The van der Waals surface area contributed by atoms with Gasteiger partial charge in [0.25, 0.3) is 5.91 Å². The van der Waals surface area contributed by atoms with Crippen molar-refractivity contribution in [3.8, 4) is 0 Å². The molecule has 1 saturated carbocycles. The van der Waals surface area contributed by atoms with Crippen LogP contribution in [0.3, 0.4) is 0 Å². The predicted octanol–water partition coefficient (Wildman–Crippen LogP) is 4.76. The number of carbonyl (C=O) groups is 2. The van der Waals surface area contributed by atoms with Crippen molar-refractivity contribution in [2.75, 3.05) is 12.4 Å². The van der Waals surface area contributed by atoms with E-state index < -0.39 is 5.97 Å². The molecule has 1 amide bonds. The van der Waals surface area contributed by atoms with Crippen molar-refractivity contribution in [3.63, 3.8) is 0 Å². The molecule has 4 nitrogen and oxygen atoms in total. The molecule has 1 fully saturated rings. The first-order valence-electron chi connectivity index (χ1n) is 8.43. The molecule has 1 aliphatic carbocycles. The summed E-state index contributed by atoms with van der Waals surface area (Å²) in [6.07, 6.45) is 5.06. The third-order valence-corrected chi connectivity index (χ3v) is 5.71. The highest BCUT2D eigenvalue weighted by atomic mass is 32.2. The van der Waals surface area contributed by atoms with E-state index in [4.69, 9.17) is 0 Å². The number of hydrogen-bond donors (Lipinski definition) is 1. The van der Waals surface area contributed by atoms with E-state index in [-0.39, 0.29) is 5.91 Å². The van der Waals surface area contributed by atoms with Gasteiger partial charge in [0.05, 0.1) is 18.4 Å². The number of hydrogen-bond acceptors (Lipinski definition) is 4. The summed E-state index contributed by atoms with van der Waals surface area (Å²) in [5.41, 5.74) is 1.77. The van der Waals surface area contributed by atoms with Gasteiger partial charge in [-0.1, -0.05) is 25.0 Å². The first-order valence-corrected chi connectivity index (χ1v) is 9.31. The number of esters is 1. The summed E-state index contributed by atoms with van der Waals surface area (Å²) in [5.74, 6) is -0.596. The van der Waals surface area contributed by atoms with E-state index in [1.54, 1.807) is 24.3 Å². The number of ether oxygens (including phenoxy) is 1. The Kier molecular flexibility index (Phi) is 5.76. The average Bonchev–Trinajstić information content (AvgIpc) is 3.16. The summed E-state index contributed by atoms with van der Waals surface area (Å²) in [7, 11) is 1.34. The number of methoxy groups -OCH3 is 1. The zero-order chi connectivity index (χ0) is 17.6. The monoisotopic (exact) mass is 355 g/mol. The molecule has 130 valence electrons. The topological polar surface area (TPSA) is 55.4 Å². The number of amides is 1. The molecular weight excluding hydrogens is 334 g/mol. The summed E-state index contributed by atoms with van der Waals surface area (Å²) in [4.78, 5) is 25.1. The Hall–Kier alpha value is -2.27. The van der Waals surface area contributed by atoms with Crippen molar-refractivity contribution in [2.45, 2.75) is 35.8 Å². The minimum absolute atomic E-state index is 0.184. The van der Waals surface area contributed by atoms with Gasteiger partial charge in [-0.2, -0.15) is 0 Å². The quantitative estimate of drug-likeness (QED) is 0.786.